The molecule has 0 bridgehead atoms. The molecular weight excluding hydrogens is 256 g/mol. The molecule has 2 unspecified atom stereocenters. The summed E-state index contributed by atoms with van der Waals surface area (Å²) in [6.45, 7) is 2.06. The number of thiophene rings is 1. The summed E-state index contributed by atoms with van der Waals surface area (Å²) in [6.07, 6.45) is 1.57. The second-order valence-corrected chi connectivity index (χ2v) is 8.22. The number of nitrogens with two attached hydrogens (primary N) is 1. The zero-order valence-electron chi connectivity index (χ0n) is 9.85. The lowest BCUT2D eigenvalue weighted by Crippen LogP contribution is -2.29. The van der Waals surface area contributed by atoms with Gasteiger partial charge in [0.05, 0.1) is 17.5 Å². The second kappa shape index (κ2) is 5.06. The van der Waals surface area contributed by atoms with E-state index in [1.165, 1.54) is 9.75 Å². The van der Waals surface area contributed by atoms with Gasteiger partial charge in [0.15, 0.2) is 9.84 Å². The lowest BCUT2D eigenvalue weighted by Gasteiger charge is -2.17. The van der Waals surface area contributed by atoms with Crippen molar-refractivity contribution >= 4 is 21.2 Å². The van der Waals surface area contributed by atoms with E-state index < -0.39 is 9.84 Å². The van der Waals surface area contributed by atoms with E-state index in [-0.39, 0.29) is 12.0 Å². The average Bonchev–Trinajstić information content (AvgIpc) is 2.81. The molecule has 0 saturated carbocycles. The summed E-state index contributed by atoms with van der Waals surface area (Å²) in [5.74, 6) is 6.45. The third kappa shape index (κ3) is 3.28. The fourth-order valence-electron chi connectivity index (χ4n) is 2.30. The van der Waals surface area contributed by atoms with Gasteiger partial charge in [-0.25, -0.2) is 8.42 Å². The van der Waals surface area contributed by atoms with E-state index in [9.17, 15) is 8.42 Å². The first kappa shape index (κ1) is 13.0. The highest BCUT2D eigenvalue weighted by atomic mass is 32.2. The van der Waals surface area contributed by atoms with Gasteiger partial charge in [-0.2, -0.15) is 0 Å². The lowest BCUT2D eigenvalue weighted by atomic mass is 9.99. The number of hydrogen-bond donors (Lipinski definition) is 2. The summed E-state index contributed by atoms with van der Waals surface area (Å²) in [7, 11) is -2.79. The molecule has 1 aromatic rings. The molecule has 0 aliphatic carbocycles. The van der Waals surface area contributed by atoms with Gasteiger partial charge in [-0.1, -0.05) is 0 Å². The van der Waals surface area contributed by atoms with Gasteiger partial charge in [0.1, 0.15) is 0 Å². The highest BCUT2D eigenvalue weighted by Crippen LogP contribution is 2.31. The van der Waals surface area contributed by atoms with Crippen LogP contribution in [0.15, 0.2) is 12.1 Å². The molecule has 1 fully saturated rings. The van der Waals surface area contributed by atoms with E-state index >= 15 is 0 Å². The Morgan fingerprint density at radius 2 is 2.35 bits per heavy atom. The minimum absolute atomic E-state index is 0.0759. The number of nitrogens with one attached hydrogen (secondary N) is 1. The van der Waals surface area contributed by atoms with Crippen molar-refractivity contribution in [2.45, 2.75) is 25.8 Å². The summed E-state index contributed by atoms with van der Waals surface area (Å²) in [5, 5.41) is 0. The molecule has 3 N–H and O–H groups in total. The highest BCUT2D eigenvalue weighted by Gasteiger charge is 2.30. The molecule has 1 aliphatic heterocycles. The predicted octanol–water partition coefficient (Wildman–Crippen LogP) is 1.39. The third-order valence-corrected chi connectivity index (χ3v) is 6.15. The molecule has 17 heavy (non-hydrogen) atoms. The molecule has 1 aromatic heterocycles. The molecule has 0 radical (unpaired) electrons. The molecule has 2 rings (SSSR count). The van der Waals surface area contributed by atoms with Crippen LogP contribution >= 0.6 is 11.3 Å². The topological polar surface area (TPSA) is 72.2 Å². The van der Waals surface area contributed by atoms with Crippen LogP contribution < -0.4 is 11.3 Å². The SMILES string of the molecule is Cc1ccc(C(CC2CCS(=O)(=O)C2)NN)s1. The minimum atomic E-state index is -2.79. The monoisotopic (exact) mass is 274 g/mol. The van der Waals surface area contributed by atoms with Gasteiger partial charge in [-0.05, 0) is 37.8 Å². The van der Waals surface area contributed by atoms with Crippen molar-refractivity contribution in [2.75, 3.05) is 11.5 Å². The molecule has 1 aliphatic rings. The standard InChI is InChI=1S/C11H18N2O2S2/c1-8-2-3-11(16-8)10(13-12)6-9-4-5-17(14,15)7-9/h2-3,9-10,13H,4-7,12H2,1H3. The Morgan fingerprint density at radius 1 is 1.59 bits per heavy atom. The lowest BCUT2D eigenvalue weighted by molar-refractivity contribution is 0.426. The third-order valence-electron chi connectivity index (χ3n) is 3.20. The van der Waals surface area contributed by atoms with Crippen molar-refractivity contribution < 1.29 is 8.42 Å². The molecule has 96 valence electrons. The van der Waals surface area contributed by atoms with Gasteiger partial charge < -0.3 is 0 Å². The molecule has 0 aromatic carbocycles. The van der Waals surface area contributed by atoms with Crippen LogP contribution in [0.2, 0.25) is 0 Å². The maximum absolute atomic E-state index is 11.4. The van der Waals surface area contributed by atoms with Crippen LogP contribution in [0.25, 0.3) is 0 Å². The summed E-state index contributed by atoms with van der Waals surface area (Å²) in [6, 6.07) is 4.20. The van der Waals surface area contributed by atoms with Crippen molar-refractivity contribution in [1.29, 1.82) is 0 Å². The van der Waals surface area contributed by atoms with Gasteiger partial charge in [-0.3, -0.25) is 11.3 Å². The molecule has 4 nitrogen and oxygen atoms in total. The van der Waals surface area contributed by atoms with Crippen molar-refractivity contribution in [1.82, 2.24) is 5.43 Å². The van der Waals surface area contributed by atoms with Gasteiger partial charge in [0, 0.05) is 9.75 Å². The first-order valence-corrected chi connectivity index (χ1v) is 8.37. The number of hydrogen-bond acceptors (Lipinski definition) is 5. The van der Waals surface area contributed by atoms with Crippen LogP contribution in [-0.2, 0) is 9.84 Å². The van der Waals surface area contributed by atoms with E-state index in [1.807, 2.05) is 0 Å². The van der Waals surface area contributed by atoms with Gasteiger partial charge in [0.25, 0.3) is 0 Å². The summed E-state index contributed by atoms with van der Waals surface area (Å²) >= 11 is 1.71. The van der Waals surface area contributed by atoms with Crippen molar-refractivity contribution in [3.05, 3.63) is 21.9 Å². The first-order chi connectivity index (χ1) is 8.00. The van der Waals surface area contributed by atoms with Crippen molar-refractivity contribution in [2.24, 2.45) is 11.8 Å². The van der Waals surface area contributed by atoms with Crippen molar-refractivity contribution in [3.63, 3.8) is 0 Å². The number of aryl methyl sites for hydroxylation is 1. The molecule has 0 spiro atoms. The quantitative estimate of drug-likeness (QED) is 0.643. The Labute approximate surface area is 106 Å². The Morgan fingerprint density at radius 3 is 2.82 bits per heavy atom. The minimum Gasteiger partial charge on any atom is -0.271 e. The van der Waals surface area contributed by atoms with E-state index in [4.69, 9.17) is 5.84 Å². The van der Waals surface area contributed by atoms with Crippen molar-refractivity contribution in [3.8, 4) is 0 Å². The largest absolute Gasteiger partial charge is 0.271 e. The Balaban J connectivity index is 2.01. The fraction of sp³-hybridized carbons (Fsp3) is 0.636. The zero-order chi connectivity index (χ0) is 12.5. The van der Waals surface area contributed by atoms with E-state index in [2.05, 4.69) is 24.5 Å². The van der Waals surface area contributed by atoms with Crippen LogP contribution in [0.1, 0.15) is 28.6 Å². The summed E-state index contributed by atoms with van der Waals surface area (Å²) in [4.78, 5) is 2.44. The first-order valence-electron chi connectivity index (χ1n) is 5.73. The Hall–Kier alpha value is -0.430. The highest BCUT2D eigenvalue weighted by molar-refractivity contribution is 7.91. The maximum atomic E-state index is 11.4. The maximum Gasteiger partial charge on any atom is 0.150 e. The van der Waals surface area contributed by atoms with Crippen LogP contribution in [0, 0.1) is 12.8 Å². The van der Waals surface area contributed by atoms with E-state index in [0.29, 0.717) is 11.5 Å². The van der Waals surface area contributed by atoms with Gasteiger partial charge >= 0.3 is 0 Å². The molecule has 0 amide bonds. The molecule has 1 saturated heterocycles. The van der Waals surface area contributed by atoms with E-state index in [1.54, 1.807) is 11.3 Å². The Bertz CT molecular complexity index is 481. The van der Waals surface area contributed by atoms with Crippen LogP contribution in [-0.4, -0.2) is 19.9 Å². The average molecular weight is 274 g/mol. The second-order valence-electron chi connectivity index (χ2n) is 4.67. The molecular formula is C11H18N2O2S2. The smallest absolute Gasteiger partial charge is 0.150 e. The molecule has 2 atom stereocenters. The molecule has 6 heteroatoms. The normalized spacial score (nSPS) is 24.9. The number of rotatable bonds is 4. The van der Waals surface area contributed by atoms with Crippen LogP contribution in [0.4, 0.5) is 0 Å². The Kier molecular flexibility index (Phi) is 3.87. The zero-order valence-corrected chi connectivity index (χ0v) is 11.5. The number of sulfone groups is 1. The van der Waals surface area contributed by atoms with Gasteiger partial charge in [-0.15, -0.1) is 11.3 Å². The van der Waals surface area contributed by atoms with Crippen LogP contribution in [0.3, 0.4) is 0 Å². The number of hydrazine groups is 1. The van der Waals surface area contributed by atoms with Crippen LogP contribution in [0.5, 0.6) is 0 Å². The summed E-state index contributed by atoms with van der Waals surface area (Å²) in [5.41, 5.74) is 2.80. The summed E-state index contributed by atoms with van der Waals surface area (Å²) < 4.78 is 22.8. The van der Waals surface area contributed by atoms with E-state index in [0.717, 1.165) is 12.8 Å². The predicted molar refractivity (Wildman–Crippen MR) is 70.5 cm³/mol. The molecule has 2 heterocycles. The fourth-order valence-corrected chi connectivity index (χ4v) is 5.13. The van der Waals surface area contributed by atoms with Gasteiger partial charge in [0.2, 0.25) is 0 Å².